The smallest absolute Gasteiger partial charge is 0.329 e. The van der Waals surface area contributed by atoms with Crippen molar-refractivity contribution in [2.75, 3.05) is 0 Å². The first kappa shape index (κ1) is 21.8. The van der Waals surface area contributed by atoms with E-state index in [1.807, 2.05) is 45.0 Å². The van der Waals surface area contributed by atoms with E-state index in [2.05, 4.69) is 15.3 Å². The molecule has 0 aliphatic heterocycles. The Morgan fingerprint density at radius 3 is 2.72 bits per heavy atom. The Morgan fingerprint density at radius 1 is 1.28 bits per heavy atom. The Balaban J connectivity index is 1.74. The lowest BCUT2D eigenvalue weighted by Crippen LogP contribution is -2.33. The number of hydrogen-bond donors (Lipinski definition) is 2. The third-order valence-electron chi connectivity index (χ3n) is 5.43. The normalized spacial score (nSPS) is 13.5. The molecule has 3 aromatic rings. The van der Waals surface area contributed by atoms with Crippen molar-refractivity contribution in [1.29, 1.82) is 0 Å². The summed E-state index contributed by atoms with van der Waals surface area (Å²) in [5.41, 5.74) is 1.01. The first-order valence-electron chi connectivity index (χ1n) is 11.1. The SMILES string of the molecule is CCCn1c(=O)[nH]c(=O)c2c(C(=O)NCc3ccccc3OC(C)C)cc(C3CC3)nc21. The molecule has 1 aliphatic rings. The molecular formula is C24H28N4O4. The first-order valence-corrected chi connectivity index (χ1v) is 11.1. The number of pyridine rings is 1. The highest BCUT2D eigenvalue weighted by Gasteiger charge is 2.28. The van der Waals surface area contributed by atoms with E-state index in [1.54, 1.807) is 6.07 Å². The number of aromatic nitrogens is 3. The van der Waals surface area contributed by atoms with Gasteiger partial charge in [-0.1, -0.05) is 25.1 Å². The second kappa shape index (κ2) is 8.98. The van der Waals surface area contributed by atoms with Crippen LogP contribution in [0.25, 0.3) is 11.0 Å². The number of para-hydroxylation sites is 1. The minimum atomic E-state index is -0.596. The van der Waals surface area contributed by atoms with Crippen molar-refractivity contribution in [3.05, 3.63) is 68.0 Å². The van der Waals surface area contributed by atoms with Crippen molar-refractivity contribution >= 4 is 16.9 Å². The van der Waals surface area contributed by atoms with Gasteiger partial charge in [-0.15, -0.1) is 0 Å². The van der Waals surface area contributed by atoms with E-state index in [0.29, 0.717) is 18.7 Å². The van der Waals surface area contributed by atoms with E-state index in [1.165, 1.54) is 4.57 Å². The zero-order valence-electron chi connectivity index (χ0n) is 18.6. The summed E-state index contributed by atoms with van der Waals surface area (Å²) < 4.78 is 7.28. The third kappa shape index (κ3) is 4.44. The molecule has 0 saturated heterocycles. The van der Waals surface area contributed by atoms with Gasteiger partial charge in [0.1, 0.15) is 5.75 Å². The average Bonchev–Trinajstić information content (AvgIpc) is 3.60. The molecule has 0 atom stereocenters. The largest absolute Gasteiger partial charge is 0.491 e. The zero-order chi connectivity index (χ0) is 22.8. The second-order valence-corrected chi connectivity index (χ2v) is 8.44. The van der Waals surface area contributed by atoms with E-state index in [4.69, 9.17) is 4.74 Å². The number of nitrogens with one attached hydrogen (secondary N) is 2. The van der Waals surface area contributed by atoms with Crippen LogP contribution in [0.1, 0.15) is 67.6 Å². The first-order chi connectivity index (χ1) is 15.4. The van der Waals surface area contributed by atoms with Gasteiger partial charge >= 0.3 is 5.69 Å². The summed E-state index contributed by atoms with van der Waals surface area (Å²) in [5.74, 6) is 0.581. The van der Waals surface area contributed by atoms with E-state index < -0.39 is 11.2 Å². The lowest BCUT2D eigenvalue weighted by atomic mass is 10.1. The molecule has 2 aromatic heterocycles. The van der Waals surface area contributed by atoms with E-state index in [9.17, 15) is 14.4 Å². The summed E-state index contributed by atoms with van der Waals surface area (Å²) in [6.45, 7) is 6.49. The molecule has 8 nitrogen and oxygen atoms in total. The number of fused-ring (bicyclic) bond motifs is 1. The summed E-state index contributed by atoms with van der Waals surface area (Å²) in [6.07, 6.45) is 2.68. The average molecular weight is 437 g/mol. The van der Waals surface area contributed by atoms with E-state index in [-0.39, 0.29) is 41.1 Å². The maximum Gasteiger partial charge on any atom is 0.329 e. The van der Waals surface area contributed by atoms with E-state index in [0.717, 1.165) is 24.1 Å². The molecule has 1 saturated carbocycles. The van der Waals surface area contributed by atoms with Gasteiger partial charge in [-0.25, -0.2) is 9.78 Å². The maximum absolute atomic E-state index is 13.2. The van der Waals surface area contributed by atoms with Crippen LogP contribution in [0.3, 0.4) is 0 Å². The highest BCUT2D eigenvalue weighted by Crippen LogP contribution is 2.39. The fraction of sp³-hybridized carbons (Fsp3) is 0.417. The van der Waals surface area contributed by atoms with Crippen LogP contribution in [0.2, 0.25) is 0 Å². The molecule has 1 amide bonds. The predicted molar refractivity (Wildman–Crippen MR) is 122 cm³/mol. The number of aromatic amines is 1. The van der Waals surface area contributed by atoms with Gasteiger partial charge in [0.05, 0.1) is 17.1 Å². The van der Waals surface area contributed by atoms with Crippen LogP contribution in [0, 0.1) is 0 Å². The Hall–Kier alpha value is -3.42. The molecular weight excluding hydrogens is 408 g/mol. The van der Waals surface area contributed by atoms with Crippen LogP contribution in [-0.2, 0) is 13.1 Å². The maximum atomic E-state index is 13.2. The van der Waals surface area contributed by atoms with Crippen molar-refractivity contribution in [1.82, 2.24) is 19.9 Å². The topological polar surface area (TPSA) is 106 Å². The number of aryl methyl sites for hydroxylation is 1. The predicted octanol–water partition coefficient (Wildman–Crippen LogP) is 3.09. The van der Waals surface area contributed by atoms with Crippen molar-refractivity contribution < 1.29 is 9.53 Å². The Morgan fingerprint density at radius 2 is 2.03 bits per heavy atom. The number of rotatable bonds is 8. The number of hydrogen-bond acceptors (Lipinski definition) is 5. The number of carbonyl (C=O) groups is 1. The van der Waals surface area contributed by atoms with Crippen molar-refractivity contribution in [2.45, 2.75) is 65.1 Å². The van der Waals surface area contributed by atoms with Crippen molar-refractivity contribution in [3.63, 3.8) is 0 Å². The molecule has 2 heterocycles. The van der Waals surface area contributed by atoms with Crippen LogP contribution >= 0.6 is 0 Å². The molecule has 32 heavy (non-hydrogen) atoms. The Kier molecular flexibility index (Phi) is 6.12. The summed E-state index contributed by atoms with van der Waals surface area (Å²) in [5, 5.41) is 3.06. The number of carbonyl (C=O) groups excluding carboxylic acids is 1. The summed E-state index contributed by atoms with van der Waals surface area (Å²) in [6, 6.07) is 9.22. The molecule has 0 unspecified atom stereocenters. The number of nitrogens with zero attached hydrogens (tertiary/aromatic N) is 2. The fourth-order valence-electron chi connectivity index (χ4n) is 3.78. The van der Waals surface area contributed by atoms with Gasteiger partial charge in [-0.3, -0.25) is 19.1 Å². The highest BCUT2D eigenvalue weighted by atomic mass is 16.5. The zero-order valence-corrected chi connectivity index (χ0v) is 18.6. The van der Waals surface area contributed by atoms with Gasteiger partial charge in [-0.05, 0) is 45.2 Å². The van der Waals surface area contributed by atoms with Crippen LogP contribution < -0.4 is 21.3 Å². The molecule has 0 spiro atoms. The Bertz CT molecular complexity index is 1270. The van der Waals surface area contributed by atoms with Crippen LogP contribution in [0.15, 0.2) is 39.9 Å². The molecule has 1 aromatic carbocycles. The summed E-state index contributed by atoms with van der Waals surface area (Å²) in [7, 11) is 0. The van der Waals surface area contributed by atoms with Gasteiger partial charge < -0.3 is 10.1 Å². The third-order valence-corrected chi connectivity index (χ3v) is 5.43. The lowest BCUT2D eigenvalue weighted by molar-refractivity contribution is 0.0952. The highest BCUT2D eigenvalue weighted by molar-refractivity contribution is 6.05. The van der Waals surface area contributed by atoms with Crippen LogP contribution in [0.5, 0.6) is 5.75 Å². The molecule has 0 bridgehead atoms. The summed E-state index contributed by atoms with van der Waals surface area (Å²) >= 11 is 0. The molecule has 0 radical (unpaired) electrons. The van der Waals surface area contributed by atoms with Gasteiger partial charge in [0.2, 0.25) is 0 Å². The standard InChI is InChI=1S/C24H28N4O4/c1-4-11-28-21-20(23(30)27-24(28)31)17(12-18(26-21)15-9-10-15)22(29)25-13-16-7-5-6-8-19(16)32-14(2)3/h5-8,12,14-15H,4,9-11,13H2,1-3H3,(H,25,29)(H,27,30,31). The van der Waals surface area contributed by atoms with Gasteiger partial charge in [0.15, 0.2) is 5.65 Å². The lowest BCUT2D eigenvalue weighted by Gasteiger charge is -2.15. The second-order valence-electron chi connectivity index (χ2n) is 8.44. The van der Waals surface area contributed by atoms with Gasteiger partial charge in [0.25, 0.3) is 11.5 Å². The van der Waals surface area contributed by atoms with Crippen molar-refractivity contribution in [3.8, 4) is 5.75 Å². The monoisotopic (exact) mass is 436 g/mol. The van der Waals surface area contributed by atoms with Gasteiger partial charge in [0, 0.05) is 30.3 Å². The molecule has 1 fully saturated rings. The quantitative estimate of drug-likeness (QED) is 0.564. The number of ether oxygens (including phenoxy) is 1. The number of benzene rings is 1. The van der Waals surface area contributed by atoms with Gasteiger partial charge in [-0.2, -0.15) is 0 Å². The number of amides is 1. The van der Waals surface area contributed by atoms with E-state index >= 15 is 0 Å². The molecule has 2 N–H and O–H groups in total. The van der Waals surface area contributed by atoms with Crippen LogP contribution in [0.4, 0.5) is 0 Å². The molecule has 8 heteroatoms. The molecule has 1 aliphatic carbocycles. The summed E-state index contributed by atoms with van der Waals surface area (Å²) in [4.78, 5) is 45.3. The van der Waals surface area contributed by atoms with Crippen LogP contribution in [-0.4, -0.2) is 26.5 Å². The Labute approximate surface area is 185 Å². The minimum Gasteiger partial charge on any atom is -0.491 e. The minimum absolute atomic E-state index is 0.00551. The molecule has 4 rings (SSSR count). The van der Waals surface area contributed by atoms with Crippen molar-refractivity contribution in [2.24, 2.45) is 0 Å². The fourth-order valence-corrected chi connectivity index (χ4v) is 3.78. The molecule has 168 valence electrons. The number of H-pyrrole nitrogens is 1.